The van der Waals surface area contributed by atoms with Gasteiger partial charge in [0.15, 0.2) is 5.84 Å². The molecule has 10 heteroatoms. The van der Waals surface area contributed by atoms with Crippen molar-refractivity contribution < 1.29 is 4.74 Å². The number of hydrazone groups is 1. The predicted molar refractivity (Wildman–Crippen MR) is 146 cm³/mol. The molecule has 0 amide bonds. The Balaban J connectivity index is 1.31. The van der Waals surface area contributed by atoms with Gasteiger partial charge in [-0.05, 0) is 55.0 Å². The third-order valence-corrected chi connectivity index (χ3v) is 6.16. The van der Waals surface area contributed by atoms with Gasteiger partial charge in [0.1, 0.15) is 11.9 Å². The fraction of sp³-hybridized carbons (Fsp3) is 0.107. The molecule has 3 aromatic heterocycles. The highest BCUT2D eigenvalue weighted by molar-refractivity contribution is 6.03. The first kappa shape index (κ1) is 23.3. The largest absolute Gasteiger partial charge is 0.438 e. The van der Waals surface area contributed by atoms with Gasteiger partial charge in [0.05, 0.1) is 23.1 Å². The summed E-state index contributed by atoms with van der Waals surface area (Å²) in [7, 11) is 1.78. The number of hydrogen-bond donors (Lipinski definition) is 2. The number of benzene rings is 2. The van der Waals surface area contributed by atoms with Gasteiger partial charge >= 0.3 is 0 Å². The van der Waals surface area contributed by atoms with E-state index in [4.69, 9.17) is 15.6 Å². The summed E-state index contributed by atoms with van der Waals surface area (Å²) in [5, 5.41) is 14.1. The molecular formula is C28H25N9O. The van der Waals surface area contributed by atoms with Crippen molar-refractivity contribution in [2.75, 3.05) is 17.4 Å². The molecule has 38 heavy (non-hydrogen) atoms. The number of anilines is 2. The Hall–Kier alpha value is -5.09. The number of nitrogens with one attached hydrogen (secondary N) is 1. The zero-order valence-electron chi connectivity index (χ0n) is 20.9. The van der Waals surface area contributed by atoms with Gasteiger partial charge in [-0.15, -0.1) is 5.10 Å². The zero-order chi connectivity index (χ0) is 26.1. The number of aromatic nitrogens is 5. The quantitative estimate of drug-likeness (QED) is 0.358. The molecule has 1 unspecified atom stereocenters. The predicted octanol–water partition coefficient (Wildman–Crippen LogP) is 4.56. The lowest BCUT2D eigenvalue weighted by atomic mass is 10.0. The topological polar surface area (TPSA) is 119 Å². The fourth-order valence-electron chi connectivity index (χ4n) is 4.30. The van der Waals surface area contributed by atoms with Crippen LogP contribution in [0.4, 0.5) is 11.6 Å². The average Bonchev–Trinajstić information content (AvgIpc) is 3.40. The van der Waals surface area contributed by atoms with Crippen molar-refractivity contribution >= 4 is 17.5 Å². The van der Waals surface area contributed by atoms with Crippen molar-refractivity contribution in [2.24, 2.45) is 10.8 Å². The van der Waals surface area contributed by atoms with Crippen molar-refractivity contribution in [3.8, 4) is 22.9 Å². The van der Waals surface area contributed by atoms with Crippen LogP contribution >= 0.6 is 0 Å². The van der Waals surface area contributed by atoms with Gasteiger partial charge in [0.25, 0.3) is 0 Å². The molecule has 0 radical (unpaired) electrons. The van der Waals surface area contributed by atoms with Crippen LogP contribution in [0.1, 0.15) is 22.9 Å². The van der Waals surface area contributed by atoms with Gasteiger partial charge in [0.2, 0.25) is 11.8 Å². The average molecular weight is 504 g/mol. The first-order valence-corrected chi connectivity index (χ1v) is 12.1. The van der Waals surface area contributed by atoms with E-state index in [0.717, 1.165) is 27.9 Å². The lowest BCUT2D eigenvalue weighted by Crippen LogP contribution is -2.38. The zero-order valence-corrected chi connectivity index (χ0v) is 20.9. The number of fused-ring (bicyclic) bond motifs is 1. The van der Waals surface area contributed by atoms with Gasteiger partial charge in [-0.1, -0.05) is 24.3 Å². The summed E-state index contributed by atoms with van der Waals surface area (Å²) >= 11 is 0. The molecule has 188 valence electrons. The minimum absolute atomic E-state index is 0.443. The minimum atomic E-state index is -0.458. The molecule has 0 bridgehead atoms. The minimum Gasteiger partial charge on any atom is -0.438 e. The molecule has 6 rings (SSSR count). The summed E-state index contributed by atoms with van der Waals surface area (Å²) in [6.45, 7) is 2.00. The molecule has 5 aromatic rings. The van der Waals surface area contributed by atoms with Crippen molar-refractivity contribution in [2.45, 2.75) is 13.1 Å². The van der Waals surface area contributed by atoms with Gasteiger partial charge < -0.3 is 15.8 Å². The Kier molecular flexibility index (Phi) is 5.98. The molecule has 0 saturated heterocycles. The van der Waals surface area contributed by atoms with Crippen LogP contribution in [0.15, 0.2) is 96.6 Å². The Morgan fingerprint density at radius 2 is 1.74 bits per heavy atom. The van der Waals surface area contributed by atoms with E-state index >= 15 is 0 Å². The smallest absolute Gasteiger partial charge is 0.228 e. The normalized spacial score (nSPS) is 14.6. The fourth-order valence-corrected chi connectivity index (χ4v) is 4.30. The molecule has 2 aromatic carbocycles. The van der Waals surface area contributed by atoms with Crippen molar-refractivity contribution in [3.05, 3.63) is 108 Å². The van der Waals surface area contributed by atoms with Gasteiger partial charge in [-0.3, -0.25) is 0 Å². The van der Waals surface area contributed by atoms with Crippen LogP contribution in [-0.4, -0.2) is 37.6 Å². The number of ether oxygens (including phenoxy) is 1. The van der Waals surface area contributed by atoms with Gasteiger partial charge in [-0.25, -0.2) is 24.6 Å². The van der Waals surface area contributed by atoms with Crippen LogP contribution in [-0.2, 0) is 0 Å². The highest BCUT2D eigenvalue weighted by Gasteiger charge is 2.28. The summed E-state index contributed by atoms with van der Waals surface area (Å²) in [5.74, 6) is 2.29. The van der Waals surface area contributed by atoms with Crippen LogP contribution in [0.3, 0.4) is 0 Å². The van der Waals surface area contributed by atoms with Gasteiger partial charge in [-0.2, -0.15) is 5.10 Å². The molecule has 0 spiro atoms. The Bertz CT molecular complexity index is 1630. The number of hydrogen-bond acceptors (Lipinski definition) is 9. The van der Waals surface area contributed by atoms with Crippen molar-refractivity contribution in [1.29, 1.82) is 0 Å². The number of aryl methyl sites for hydroxylation is 1. The Labute approximate surface area is 219 Å². The summed E-state index contributed by atoms with van der Waals surface area (Å²) < 4.78 is 7.94. The van der Waals surface area contributed by atoms with E-state index in [2.05, 4.69) is 25.4 Å². The number of nitrogens with two attached hydrogens (primary N) is 1. The van der Waals surface area contributed by atoms with E-state index in [1.54, 1.807) is 29.1 Å². The third-order valence-electron chi connectivity index (χ3n) is 6.16. The molecule has 4 heterocycles. The maximum Gasteiger partial charge on any atom is 0.228 e. The number of pyridine rings is 1. The van der Waals surface area contributed by atoms with E-state index in [1.807, 2.05) is 86.0 Å². The van der Waals surface area contributed by atoms with Crippen LogP contribution in [0.25, 0.3) is 11.3 Å². The molecular weight excluding hydrogens is 478 g/mol. The summed E-state index contributed by atoms with van der Waals surface area (Å²) in [6, 6.07) is 21.1. The van der Waals surface area contributed by atoms with E-state index in [0.29, 0.717) is 29.1 Å². The molecule has 0 saturated carbocycles. The Morgan fingerprint density at radius 3 is 2.53 bits per heavy atom. The van der Waals surface area contributed by atoms with Gasteiger partial charge in [0, 0.05) is 36.8 Å². The SMILES string of the molecule is CNc1nccc(-c2cccnc2Oc2ccc(N3N=C(n4cc(C)cn4)c4ccccc4C3N)cc2)n1. The standard InChI is InChI=1S/C28H25N9O/c1-18-16-33-36(17-18)26-22-7-4-3-6-21(22)25(29)37(35-26)19-9-11-20(12-10-19)38-27-23(8-5-14-31-27)24-13-15-32-28(30-2)34-24/h3-17,25H,29H2,1-2H3,(H,30,32,34). The lowest BCUT2D eigenvalue weighted by molar-refractivity contribution is 0.464. The second kappa shape index (κ2) is 9.75. The van der Waals surface area contributed by atoms with E-state index in [-0.39, 0.29) is 0 Å². The first-order valence-electron chi connectivity index (χ1n) is 12.1. The second-order valence-electron chi connectivity index (χ2n) is 8.73. The Morgan fingerprint density at radius 1 is 0.921 bits per heavy atom. The highest BCUT2D eigenvalue weighted by atomic mass is 16.5. The van der Waals surface area contributed by atoms with Crippen LogP contribution in [0.2, 0.25) is 0 Å². The van der Waals surface area contributed by atoms with E-state index in [9.17, 15) is 0 Å². The molecule has 3 N–H and O–H groups in total. The molecule has 0 aliphatic carbocycles. The first-order chi connectivity index (χ1) is 18.6. The van der Waals surface area contributed by atoms with E-state index < -0.39 is 6.17 Å². The maximum absolute atomic E-state index is 6.67. The molecule has 1 aliphatic rings. The molecule has 1 aliphatic heterocycles. The van der Waals surface area contributed by atoms with Crippen LogP contribution in [0, 0.1) is 6.92 Å². The maximum atomic E-state index is 6.67. The number of nitrogens with zero attached hydrogens (tertiary/aromatic N) is 7. The monoisotopic (exact) mass is 503 g/mol. The summed E-state index contributed by atoms with van der Waals surface area (Å²) in [5.41, 5.74) is 11.9. The van der Waals surface area contributed by atoms with Crippen LogP contribution in [0.5, 0.6) is 11.6 Å². The van der Waals surface area contributed by atoms with Crippen LogP contribution < -0.4 is 20.8 Å². The molecule has 0 fully saturated rings. The molecule has 1 atom stereocenters. The van der Waals surface area contributed by atoms with E-state index in [1.165, 1.54) is 0 Å². The second-order valence-corrected chi connectivity index (χ2v) is 8.73. The number of rotatable bonds is 5. The lowest BCUT2D eigenvalue weighted by Gasteiger charge is -2.33. The van der Waals surface area contributed by atoms with Crippen molar-refractivity contribution in [1.82, 2.24) is 24.7 Å². The summed E-state index contributed by atoms with van der Waals surface area (Å²) in [4.78, 5) is 13.1. The van der Waals surface area contributed by atoms with Crippen molar-refractivity contribution in [3.63, 3.8) is 0 Å². The summed E-state index contributed by atoms with van der Waals surface area (Å²) in [6.07, 6.45) is 6.68. The molecule has 10 nitrogen and oxygen atoms in total. The highest BCUT2D eigenvalue weighted by Crippen LogP contribution is 2.34. The third kappa shape index (κ3) is 4.33.